The third-order valence-corrected chi connectivity index (χ3v) is 4.44. The molecule has 0 spiro atoms. The summed E-state index contributed by atoms with van der Waals surface area (Å²) >= 11 is 0. The van der Waals surface area contributed by atoms with Crippen molar-refractivity contribution in [2.24, 2.45) is 4.99 Å². The Bertz CT molecular complexity index is 692. The van der Waals surface area contributed by atoms with Crippen molar-refractivity contribution >= 4 is 29.9 Å². The molecule has 2 rings (SSSR count). The van der Waals surface area contributed by atoms with Crippen molar-refractivity contribution < 1.29 is 9.26 Å². The number of methoxy groups -OCH3 is 1. The summed E-state index contributed by atoms with van der Waals surface area (Å²) < 4.78 is 10.6. The zero-order chi connectivity index (χ0) is 19.5. The second kappa shape index (κ2) is 13.4. The summed E-state index contributed by atoms with van der Waals surface area (Å²) in [6.07, 6.45) is 3.75. The SMILES string of the molecule is CCNC(=NCc1c(CC)noc1CC)NCCCc1ccc(OC)cc1.I. The predicted octanol–water partition coefficient (Wildman–Crippen LogP) is 4.11. The fraction of sp³-hybridized carbons (Fsp3) is 0.524. The van der Waals surface area contributed by atoms with E-state index in [0.717, 1.165) is 67.5 Å². The molecule has 0 aliphatic heterocycles. The minimum absolute atomic E-state index is 0. The number of guanidine groups is 1. The number of ether oxygens (including phenoxy) is 1. The first-order chi connectivity index (χ1) is 13.2. The molecule has 0 saturated carbocycles. The van der Waals surface area contributed by atoms with E-state index in [1.807, 2.05) is 12.1 Å². The summed E-state index contributed by atoms with van der Waals surface area (Å²) in [5, 5.41) is 10.9. The number of aliphatic imine (C=N–C) groups is 1. The van der Waals surface area contributed by atoms with E-state index in [1.54, 1.807) is 7.11 Å². The van der Waals surface area contributed by atoms with Crippen molar-refractivity contribution in [1.29, 1.82) is 0 Å². The van der Waals surface area contributed by atoms with Crippen LogP contribution in [0.1, 0.15) is 49.8 Å². The van der Waals surface area contributed by atoms with Gasteiger partial charge in [-0.15, -0.1) is 24.0 Å². The van der Waals surface area contributed by atoms with Gasteiger partial charge in [-0.25, -0.2) is 4.99 Å². The number of aryl methyl sites for hydroxylation is 3. The van der Waals surface area contributed by atoms with Gasteiger partial charge in [0.1, 0.15) is 11.5 Å². The number of hydrogen-bond acceptors (Lipinski definition) is 4. The van der Waals surface area contributed by atoms with Crippen LogP contribution in [0.2, 0.25) is 0 Å². The van der Waals surface area contributed by atoms with E-state index >= 15 is 0 Å². The summed E-state index contributed by atoms with van der Waals surface area (Å²) in [6, 6.07) is 8.24. The van der Waals surface area contributed by atoms with Crippen LogP contribution < -0.4 is 15.4 Å². The predicted molar refractivity (Wildman–Crippen MR) is 125 cm³/mol. The van der Waals surface area contributed by atoms with E-state index in [0.29, 0.717) is 6.54 Å². The lowest BCUT2D eigenvalue weighted by atomic mass is 10.1. The molecule has 2 aromatic rings. The standard InChI is InChI=1S/C21H32N4O2.HI/c1-5-19-18(20(6-2)27-25-19)15-24-21(22-7-3)23-14-8-9-16-10-12-17(26-4)13-11-16;/h10-13H,5-9,14-15H2,1-4H3,(H2,22,23,24);1H. The third kappa shape index (κ3) is 7.33. The zero-order valence-corrected chi connectivity index (χ0v) is 19.7. The Hall–Kier alpha value is -1.77. The lowest BCUT2D eigenvalue weighted by Crippen LogP contribution is -2.37. The van der Waals surface area contributed by atoms with Crippen LogP contribution in [0.15, 0.2) is 33.8 Å². The van der Waals surface area contributed by atoms with Crippen molar-refractivity contribution in [1.82, 2.24) is 15.8 Å². The van der Waals surface area contributed by atoms with Gasteiger partial charge >= 0.3 is 0 Å². The van der Waals surface area contributed by atoms with Crippen LogP contribution in [0.3, 0.4) is 0 Å². The summed E-state index contributed by atoms with van der Waals surface area (Å²) in [7, 11) is 1.69. The number of rotatable bonds is 10. The normalized spacial score (nSPS) is 11.1. The Balaban J connectivity index is 0.00000392. The van der Waals surface area contributed by atoms with E-state index in [2.05, 4.69) is 48.7 Å². The van der Waals surface area contributed by atoms with Gasteiger partial charge in [-0.2, -0.15) is 0 Å². The van der Waals surface area contributed by atoms with Gasteiger partial charge in [0, 0.05) is 25.1 Å². The van der Waals surface area contributed by atoms with E-state index in [9.17, 15) is 0 Å². The van der Waals surface area contributed by atoms with Crippen molar-refractivity contribution in [3.63, 3.8) is 0 Å². The van der Waals surface area contributed by atoms with Crippen LogP contribution in [-0.4, -0.2) is 31.3 Å². The highest BCUT2D eigenvalue weighted by Crippen LogP contribution is 2.17. The van der Waals surface area contributed by atoms with Gasteiger partial charge < -0.3 is 19.9 Å². The molecule has 0 unspecified atom stereocenters. The first-order valence-electron chi connectivity index (χ1n) is 9.83. The second-order valence-corrected chi connectivity index (χ2v) is 6.31. The number of nitrogens with zero attached hydrogens (tertiary/aromatic N) is 2. The molecule has 0 atom stereocenters. The van der Waals surface area contributed by atoms with E-state index in [4.69, 9.17) is 14.3 Å². The second-order valence-electron chi connectivity index (χ2n) is 6.31. The average Bonchev–Trinajstić information content (AvgIpc) is 3.11. The van der Waals surface area contributed by atoms with Gasteiger partial charge in [0.05, 0.1) is 19.3 Å². The quantitative estimate of drug-likeness (QED) is 0.222. The van der Waals surface area contributed by atoms with Gasteiger partial charge in [-0.1, -0.05) is 31.1 Å². The maximum Gasteiger partial charge on any atom is 0.191 e. The lowest BCUT2D eigenvalue weighted by Gasteiger charge is -2.11. The average molecular weight is 500 g/mol. The summed E-state index contributed by atoms with van der Waals surface area (Å²) in [6.45, 7) is 8.52. The zero-order valence-electron chi connectivity index (χ0n) is 17.4. The minimum atomic E-state index is 0. The van der Waals surface area contributed by atoms with Crippen molar-refractivity contribution in [2.75, 3.05) is 20.2 Å². The highest BCUT2D eigenvalue weighted by atomic mass is 127. The molecule has 1 aromatic heterocycles. The number of benzene rings is 1. The number of hydrogen-bond donors (Lipinski definition) is 2. The Labute approximate surface area is 185 Å². The van der Waals surface area contributed by atoms with Crippen LogP contribution in [0, 0.1) is 0 Å². The molecule has 1 aromatic carbocycles. The molecule has 0 saturated heterocycles. The first kappa shape index (κ1) is 24.3. The highest BCUT2D eigenvalue weighted by molar-refractivity contribution is 14.0. The highest BCUT2D eigenvalue weighted by Gasteiger charge is 2.13. The molecule has 0 fully saturated rings. The fourth-order valence-corrected chi connectivity index (χ4v) is 2.91. The van der Waals surface area contributed by atoms with Gasteiger partial charge in [-0.05, 0) is 43.9 Å². The molecule has 0 amide bonds. The van der Waals surface area contributed by atoms with Gasteiger partial charge in [0.25, 0.3) is 0 Å². The topological polar surface area (TPSA) is 71.7 Å². The Kier molecular flexibility index (Phi) is 11.6. The van der Waals surface area contributed by atoms with E-state index in [1.165, 1.54) is 5.56 Å². The van der Waals surface area contributed by atoms with Crippen molar-refractivity contribution in [3.05, 3.63) is 46.8 Å². The molecule has 0 aliphatic rings. The molecular weight excluding hydrogens is 467 g/mol. The molecule has 2 N–H and O–H groups in total. The maximum absolute atomic E-state index is 5.42. The molecule has 28 heavy (non-hydrogen) atoms. The van der Waals surface area contributed by atoms with Gasteiger partial charge in [-0.3, -0.25) is 0 Å². The van der Waals surface area contributed by atoms with Crippen LogP contribution in [0.4, 0.5) is 0 Å². The van der Waals surface area contributed by atoms with E-state index in [-0.39, 0.29) is 24.0 Å². The molecule has 7 heteroatoms. The number of halogens is 1. The largest absolute Gasteiger partial charge is 0.497 e. The molecule has 6 nitrogen and oxygen atoms in total. The Morgan fingerprint density at radius 3 is 2.46 bits per heavy atom. The summed E-state index contributed by atoms with van der Waals surface area (Å²) in [4.78, 5) is 4.72. The Morgan fingerprint density at radius 2 is 1.86 bits per heavy atom. The van der Waals surface area contributed by atoms with E-state index < -0.39 is 0 Å². The molecular formula is C21H33IN4O2. The van der Waals surface area contributed by atoms with Crippen LogP contribution in [0.5, 0.6) is 5.75 Å². The monoisotopic (exact) mass is 500 g/mol. The third-order valence-electron chi connectivity index (χ3n) is 4.44. The van der Waals surface area contributed by atoms with Crippen LogP contribution in [0.25, 0.3) is 0 Å². The maximum atomic E-state index is 5.42. The molecule has 0 bridgehead atoms. The first-order valence-corrected chi connectivity index (χ1v) is 9.83. The van der Waals surface area contributed by atoms with Crippen LogP contribution in [-0.2, 0) is 25.8 Å². The summed E-state index contributed by atoms with van der Waals surface area (Å²) in [5.41, 5.74) is 3.44. The van der Waals surface area contributed by atoms with Crippen LogP contribution >= 0.6 is 24.0 Å². The lowest BCUT2D eigenvalue weighted by molar-refractivity contribution is 0.380. The molecule has 0 aliphatic carbocycles. The molecule has 156 valence electrons. The smallest absolute Gasteiger partial charge is 0.191 e. The molecule has 0 radical (unpaired) electrons. The Morgan fingerprint density at radius 1 is 1.11 bits per heavy atom. The number of nitrogens with one attached hydrogen (secondary N) is 2. The molecule has 1 heterocycles. The number of aromatic nitrogens is 1. The minimum Gasteiger partial charge on any atom is -0.497 e. The van der Waals surface area contributed by atoms with Gasteiger partial charge in [0.2, 0.25) is 0 Å². The fourth-order valence-electron chi connectivity index (χ4n) is 2.91. The van der Waals surface area contributed by atoms with Crippen molar-refractivity contribution in [3.8, 4) is 5.75 Å². The van der Waals surface area contributed by atoms with Gasteiger partial charge in [0.15, 0.2) is 5.96 Å². The summed E-state index contributed by atoms with van der Waals surface area (Å²) in [5.74, 6) is 2.66. The van der Waals surface area contributed by atoms with Crippen molar-refractivity contribution in [2.45, 2.75) is 53.0 Å².